The second kappa shape index (κ2) is 7.66. The van der Waals surface area contributed by atoms with Gasteiger partial charge in [-0.15, -0.1) is 11.3 Å². The Morgan fingerprint density at radius 2 is 1.93 bits per heavy atom. The molecule has 3 aromatic rings. The van der Waals surface area contributed by atoms with Gasteiger partial charge in [0.25, 0.3) is 5.91 Å². The monoisotopic (exact) mass is 401 g/mol. The highest BCUT2D eigenvalue weighted by atomic mass is 32.1. The quantitative estimate of drug-likeness (QED) is 0.647. The first-order chi connectivity index (χ1) is 13.1. The summed E-state index contributed by atoms with van der Waals surface area (Å²) in [6.07, 6.45) is 1.26. The van der Waals surface area contributed by atoms with E-state index in [0.717, 1.165) is 46.3 Å². The van der Waals surface area contributed by atoms with Gasteiger partial charge in [-0.3, -0.25) is 4.79 Å². The summed E-state index contributed by atoms with van der Waals surface area (Å²) in [6.45, 7) is 3.13. The normalized spacial score (nSPS) is 15.1. The van der Waals surface area contributed by atoms with E-state index in [1.807, 2.05) is 30.3 Å². The third kappa shape index (κ3) is 3.96. The van der Waals surface area contributed by atoms with E-state index in [9.17, 15) is 9.59 Å². The number of ether oxygens (including phenoxy) is 1. The van der Waals surface area contributed by atoms with Crippen LogP contribution in [0.1, 0.15) is 29.4 Å². The number of benzene rings is 1. The highest BCUT2D eigenvalue weighted by Crippen LogP contribution is 2.34. The number of para-hydroxylation sites is 1. The molecule has 3 heterocycles. The van der Waals surface area contributed by atoms with Crippen LogP contribution in [0, 0.1) is 0 Å². The molecule has 1 aliphatic heterocycles. The number of rotatable bonds is 5. The highest BCUT2D eigenvalue weighted by molar-refractivity contribution is 7.29. The smallest absolute Gasteiger partial charge is 0.349 e. The summed E-state index contributed by atoms with van der Waals surface area (Å²) in [4.78, 5) is 32.2. The van der Waals surface area contributed by atoms with Gasteiger partial charge in [-0.1, -0.05) is 29.5 Å². The van der Waals surface area contributed by atoms with Crippen molar-refractivity contribution in [2.75, 3.05) is 18.4 Å². The molecule has 4 rings (SSSR count). The van der Waals surface area contributed by atoms with Gasteiger partial charge in [-0.2, -0.15) is 0 Å². The first kappa shape index (κ1) is 17.9. The van der Waals surface area contributed by atoms with Gasteiger partial charge >= 0.3 is 5.97 Å². The molecule has 1 aliphatic rings. The largest absolute Gasteiger partial charge is 0.448 e. The second-order valence-electron chi connectivity index (χ2n) is 6.37. The Kier molecular flexibility index (Phi) is 5.09. The number of hydrogen-bond donors (Lipinski definition) is 1. The molecule has 0 spiro atoms. The number of carbonyl (C=O) groups is 2. The number of likely N-dealkylation sites (tertiary alicyclic amines) is 1. The third-order valence-corrected chi connectivity index (χ3v) is 6.42. The summed E-state index contributed by atoms with van der Waals surface area (Å²) in [5, 5.41) is 4.03. The molecule has 1 N–H and O–H groups in total. The molecule has 0 saturated carbocycles. The molecule has 27 heavy (non-hydrogen) atoms. The Balaban J connectivity index is 1.42. The fourth-order valence-corrected chi connectivity index (χ4v) is 5.02. The van der Waals surface area contributed by atoms with Crippen LogP contribution in [0.4, 0.5) is 10.8 Å². The molecule has 6 nitrogen and oxygen atoms in total. The average Bonchev–Trinajstić information content (AvgIpc) is 3.38. The topological polar surface area (TPSA) is 71.5 Å². The lowest BCUT2D eigenvalue weighted by Gasteiger charge is -2.20. The number of thiophene rings is 1. The van der Waals surface area contributed by atoms with Gasteiger partial charge in [0.05, 0.1) is 4.70 Å². The number of thiazole rings is 1. The number of fused-ring (bicyclic) bond motifs is 1. The number of aromatic nitrogens is 1. The molecule has 0 aliphatic carbocycles. The fourth-order valence-electron chi connectivity index (χ4n) is 3.00. The third-order valence-electron chi connectivity index (χ3n) is 4.36. The van der Waals surface area contributed by atoms with Crippen LogP contribution in [0.25, 0.3) is 9.53 Å². The average molecular weight is 402 g/mol. The molecule has 140 valence electrons. The maximum absolute atomic E-state index is 12.4. The van der Waals surface area contributed by atoms with E-state index in [0.29, 0.717) is 4.88 Å². The predicted octanol–water partition coefficient (Wildman–Crippen LogP) is 4.27. The fraction of sp³-hybridized carbons (Fsp3) is 0.316. The van der Waals surface area contributed by atoms with Crippen molar-refractivity contribution in [1.82, 2.24) is 9.88 Å². The van der Waals surface area contributed by atoms with Crippen molar-refractivity contribution in [3.63, 3.8) is 0 Å². The van der Waals surface area contributed by atoms with E-state index in [1.54, 1.807) is 17.9 Å². The van der Waals surface area contributed by atoms with Crippen molar-refractivity contribution in [2.45, 2.75) is 25.9 Å². The van der Waals surface area contributed by atoms with Crippen molar-refractivity contribution in [3.8, 4) is 0 Å². The summed E-state index contributed by atoms with van der Waals surface area (Å²) in [5.74, 6) is -0.588. The highest BCUT2D eigenvalue weighted by Gasteiger charge is 2.27. The first-order valence-electron chi connectivity index (χ1n) is 8.82. The lowest BCUT2D eigenvalue weighted by Crippen LogP contribution is -2.38. The Labute approximate surface area is 164 Å². The summed E-state index contributed by atoms with van der Waals surface area (Å²) in [5.41, 5.74) is 0.966. The Hall–Kier alpha value is -2.45. The minimum Gasteiger partial charge on any atom is -0.448 e. The molecular formula is C19H19N3O3S2. The van der Waals surface area contributed by atoms with Gasteiger partial charge in [-0.05, 0) is 38.0 Å². The van der Waals surface area contributed by atoms with Gasteiger partial charge in [-0.25, -0.2) is 9.78 Å². The van der Waals surface area contributed by atoms with Crippen LogP contribution in [0.15, 0.2) is 36.4 Å². The van der Waals surface area contributed by atoms with Crippen molar-refractivity contribution in [3.05, 3.63) is 41.3 Å². The SMILES string of the molecule is C[C@H](OC(=O)c1cc2sc(Nc3ccccc3)nc2s1)C(=O)N1CCCC1. The minimum absolute atomic E-state index is 0.119. The zero-order valence-corrected chi connectivity index (χ0v) is 16.4. The van der Waals surface area contributed by atoms with Gasteiger partial charge in [0, 0.05) is 18.8 Å². The van der Waals surface area contributed by atoms with Crippen molar-refractivity contribution >= 4 is 54.9 Å². The summed E-state index contributed by atoms with van der Waals surface area (Å²) < 4.78 is 6.30. The number of anilines is 2. The molecular weight excluding hydrogens is 382 g/mol. The minimum atomic E-state index is -0.765. The lowest BCUT2D eigenvalue weighted by molar-refractivity contribution is -0.138. The maximum atomic E-state index is 12.4. The summed E-state index contributed by atoms with van der Waals surface area (Å²) >= 11 is 2.76. The van der Waals surface area contributed by atoms with Crippen molar-refractivity contribution < 1.29 is 14.3 Å². The predicted molar refractivity (Wildman–Crippen MR) is 108 cm³/mol. The first-order valence-corrected chi connectivity index (χ1v) is 10.5. The van der Waals surface area contributed by atoms with Crippen LogP contribution in [-0.2, 0) is 9.53 Å². The van der Waals surface area contributed by atoms with Crippen LogP contribution >= 0.6 is 22.7 Å². The zero-order chi connectivity index (χ0) is 18.8. The van der Waals surface area contributed by atoms with Gasteiger partial charge in [0.1, 0.15) is 9.71 Å². The molecule has 2 aromatic heterocycles. The van der Waals surface area contributed by atoms with Crippen LogP contribution in [0.3, 0.4) is 0 Å². The van der Waals surface area contributed by atoms with Gasteiger partial charge in [0.2, 0.25) is 0 Å². The number of hydrogen-bond acceptors (Lipinski definition) is 7. The summed E-state index contributed by atoms with van der Waals surface area (Å²) in [6, 6.07) is 11.6. The molecule has 0 bridgehead atoms. The molecule has 1 fully saturated rings. The molecule has 0 unspecified atom stereocenters. The number of nitrogens with one attached hydrogen (secondary N) is 1. The van der Waals surface area contributed by atoms with Crippen LogP contribution in [0.2, 0.25) is 0 Å². The molecule has 1 saturated heterocycles. The van der Waals surface area contributed by atoms with E-state index in [1.165, 1.54) is 22.7 Å². The zero-order valence-electron chi connectivity index (χ0n) is 14.8. The van der Waals surface area contributed by atoms with E-state index < -0.39 is 12.1 Å². The van der Waals surface area contributed by atoms with Crippen LogP contribution in [-0.4, -0.2) is 41.0 Å². The van der Waals surface area contributed by atoms with Crippen LogP contribution in [0.5, 0.6) is 0 Å². The molecule has 1 aromatic carbocycles. The Morgan fingerprint density at radius 3 is 2.63 bits per heavy atom. The second-order valence-corrected chi connectivity index (χ2v) is 8.43. The van der Waals surface area contributed by atoms with Gasteiger partial charge < -0.3 is 15.0 Å². The maximum Gasteiger partial charge on any atom is 0.349 e. The van der Waals surface area contributed by atoms with Crippen molar-refractivity contribution in [1.29, 1.82) is 0 Å². The van der Waals surface area contributed by atoms with Crippen molar-refractivity contribution in [2.24, 2.45) is 0 Å². The molecule has 0 radical (unpaired) electrons. The van der Waals surface area contributed by atoms with Gasteiger partial charge in [0.15, 0.2) is 11.2 Å². The van der Waals surface area contributed by atoms with Crippen LogP contribution < -0.4 is 5.32 Å². The number of nitrogens with zero attached hydrogens (tertiary/aromatic N) is 2. The Bertz CT molecular complexity index is 930. The van der Waals surface area contributed by atoms with E-state index in [4.69, 9.17) is 4.74 Å². The Morgan fingerprint density at radius 1 is 1.19 bits per heavy atom. The number of carbonyl (C=O) groups excluding carboxylic acids is 2. The number of amides is 1. The number of esters is 1. The molecule has 1 amide bonds. The molecule has 8 heteroatoms. The molecule has 1 atom stereocenters. The van der Waals surface area contributed by atoms with E-state index in [-0.39, 0.29) is 5.91 Å². The summed E-state index contributed by atoms with van der Waals surface area (Å²) in [7, 11) is 0. The standard InChI is InChI=1S/C19H19N3O3S2/c1-12(17(23)22-9-5-6-10-22)25-18(24)15-11-14-16(26-15)21-19(27-14)20-13-7-3-2-4-8-13/h2-4,7-8,11-12H,5-6,9-10H2,1H3,(H,20,21)/t12-/m0/s1. The van der Waals surface area contributed by atoms with E-state index in [2.05, 4.69) is 10.3 Å². The lowest BCUT2D eigenvalue weighted by atomic mass is 10.3. The van der Waals surface area contributed by atoms with E-state index >= 15 is 0 Å².